The summed E-state index contributed by atoms with van der Waals surface area (Å²) in [6.45, 7) is 2.28. The van der Waals surface area contributed by atoms with Crippen LogP contribution in [0.5, 0.6) is 0 Å². The fourth-order valence-electron chi connectivity index (χ4n) is 4.04. The normalized spacial score (nSPS) is 35.9. The topological polar surface area (TPSA) is 46.2 Å². The van der Waals surface area contributed by atoms with Crippen LogP contribution in [0.1, 0.15) is 71.1 Å². The number of hydrogen-bond acceptors (Lipinski definition) is 3. The third-order valence-corrected chi connectivity index (χ3v) is 6.89. The predicted octanol–water partition coefficient (Wildman–Crippen LogP) is 3.29. The lowest BCUT2D eigenvalue weighted by Crippen LogP contribution is -2.45. The lowest BCUT2D eigenvalue weighted by molar-refractivity contribution is 0.244. The highest BCUT2D eigenvalue weighted by atomic mass is 32.2. The summed E-state index contributed by atoms with van der Waals surface area (Å²) in [5.74, 6) is 0.938. The summed E-state index contributed by atoms with van der Waals surface area (Å²) in [6.07, 6.45) is 13.3. The van der Waals surface area contributed by atoms with Crippen LogP contribution in [-0.4, -0.2) is 32.0 Å². The van der Waals surface area contributed by atoms with E-state index in [1.54, 1.807) is 0 Å². The van der Waals surface area contributed by atoms with Crippen LogP contribution in [0.2, 0.25) is 0 Å². The van der Waals surface area contributed by atoms with Crippen LogP contribution in [0, 0.1) is 5.92 Å². The lowest BCUT2D eigenvalue weighted by Gasteiger charge is -2.35. The SMILES string of the molecule is CCCC1CCC(NC2CCCC(S(C)(=O)=O)C2)CC1. The van der Waals surface area contributed by atoms with Crippen molar-refractivity contribution >= 4 is 9.84 Å². The molecule has 2 fully saturated rings. The molecule has 0 radical (unpaired) electrons. The maximum absolute atomic E-state index is 11.7. The van der Waals surface area contributed by atoms with Crippen LogP contribution in [0.3, 0.4) is 0 Å². The maximum atomic E-state index is 11.7. The first-order chi connectivity index (χ1) is 9.49. The van der Waals surface area contributed by atoms with Crippen molar-refractivity contribution in [3.63, 3.8) is 0 Å². The van der Waals surface area contributed by atoms with E-state index in [0.717, 1.165) is 31.6 Å². The molecule has 118 valence electrons. The molecule has 0 aromatic heterocycles. The molecule has 0 aromatic carbocycles. The van der Waals surface area contributed by atoms with Crippen LogP contribution in [0.25, 0.3) is 0 Å². The van der Waals surface area contributed by atoms with E-state index >= 15 is 0 Å². The molecule has 0 aliphatic heterocycles. The van der Waals surface area contributed by atoms with Crippen LogP contribution in [0.4, 0.5) is 0 Å². The summed E-state index contributed by atoms with van der Waals surface area (Å²) in [6, 6.07) is 1.06. The van der Waals surface area contributed by atoms with Gasteiger partial charge in [-0.05, 0) is 50.9 Å². The standard InChI is InChI=1S/C16H31NO2S/c1-3-5-13-8-10-14(11-9-13)17-15-6-4-7-16(12-15)20(2,18)19/h13-17H,3-12H2,1-2H3. The van der Waals surface area contributed by atoms with Gasteiger partial charge < -0.3 is 5.32 Å². The molecule has 0 amide bonds. The minimum absolute atomic E-state index is 0.106. The molecular weight excluding hydrogens is 270 g/mol. The Bertz CT molecular complexity index is 385. The monoisotopic (exact) mass is 301 g/mol. The zero-order valence-corrected chi connectivity index (χ0v) is 13.9. The van der Waals surface area contributed by atoms with Crippen molar-refractivity contribution in [3.8, 4) is 0 Å². The van der Waals surface area contributed by atoms with Crippen molar-refractivity contribution in [1.82, 2.24) is 5.32 Å². The number of rotatable bonds is 5. The molecule has 0 saturated heterocycles. The Balaban J connectivity index is 1.77. The predicted molar refractivity (Wildman–Crippen MR) is 84.7 cm³/mol. The van der Waals surface area contributed by atoms with Gasteiger partial charge in [0.15, 0.2) is 0 Å². The van der Waals surface area contributed by atoms with Gasteiger partial charge in [0, 0.05) is 18.3 Å². The molecular formula is C16H31NO2S. The highest BCUT2D eigenvalue weighted by Crippen LogP contribution is 2.30. The van der Waals surface area contributed by atoms with Crippen molar-refractivity contribution in [3.05, 3.63) is 0 Å². The van der Waals surface area contributed by atoms with Crippen LogP contribution in [-0.2, 0) is 9.84 Å². The first kappa shape index (κ1) is 16.3. The highest BCUT2D eigenvalue weighted by molar-refractivity contribution is 7.91. The zero-order chi connectivity index (χ0) is 14.6. The minimum atomic E-state index is -2.86. The van der Waals surface area contributed by atoms with E-state index in [-0.39, 0.29) is 5.25 Å². The molecule has 3 nitrogen and oxygen atoms in total. The zero-order valence-electron chi connectivity index (χ0n) is 13.1. The van der Waals surface area contributed by atoms with Gasteiger partial charge in [0.1, 0.15) is 9.84 Å². The summed E-state index contributed by atoms with van der Waals surface area (Å²) in [7, 11) is -2.86. The Morgan fingerprint density at radius 2 is 1.70 bits per heavy atom. The molecule has 2 rings (SSSR count). The van der Waals surface area contributed by atoms with E-state index in [1.165, 1.54) is 44.8 Å². The highest BCUT2D eigenvalue weighted by Gasteiger charge is 2.30. The second-order valence-electron chi connectivity index (χ2n) is 6.99. The molecule has 2 aliphatic rings. The Morgan fingerprint density at radius 1 is 1.00 bits per heavy atom. The number of nitrogens with one attached hydrogen (secondary N) is 1. The summed E-state index contributed by atoms with van der Waals surface area (Å²) in [5, 5.41) is 3.65. The second kappa shape index (κ2) is 7.26. The fourth-order valence-corrected chi connectivity index (χ4v) is 5.22. The molecule has 1 N–H and O–H groups in total. The van der Waals surface area contributed by atoms with Gasteiger partial charge >= 0.3 is 0 Å². The van der Waals surface area contributed by atoms with Gasteiger partial charge in [-0.25, -0.2) is 8.42 Å². The Labute approximate surface area is 124 Å². The second-order valence-corrected chi connectivity index (χ2v) is 9.31. The quantitative estimate of drug-likeness (QED) is 0.847. The van der Waals surface area contributed by atoms with Gasteiger partial charge in [-0.15, -0.1) is 0 Å². The Kier molecular flexibility index (Phi) is 5.91. The first-order valence-corrected chi connectivity index (χ1v) is 10.4. The van der Waals surface area contributed by atoms with Crippen molar-refractivity contribution in [2.24, 2.45) is 5.92 Å². The van der Waals surface area contributed by atoms with Gasteiger partial charge in [0.05, 0.1) is 5.25 Å². The third-order valence-electron chi connectivity index (χ3n) is 5.25. The minimum Gasteiger partial charge on any atom is -0.311 e. The van der Waals surface area contributed by atoms with Crippen molar-refractivity contribution in [1.29, 1.82) is 0 Å². The molecule has 0 aromatic rings. The van der Waals surface area contributed by atoms with Crippen molar-refractivity contribution < 1.29 is 8.42 Å². The summed E-state index contributed by atoms with van der Waals surface area (Å²) in [5.41, 5.74) is 0. The molecule has 0 heterocycles. The van der Waals surface area contributed by atoms with Crippen LogP contribution in [0.15, 0.2) is 0 Å². The number of hydrogen-bond donors (Lipinski definition) is 1. The van der Waals surface area contributed by atoms with Gasteiger partial charge in [-0.1, -0.05) is 26.2 Å². The molecule has 2 saturated carbocycles. The van der Waals surface area contributed by atoms with Crippen LogP contribution >= 0.6 is 0 Å². The third kappa shape index (κ3) is 4.73. The van der Waals surface area contributed by atoms with E-state index in [1.807, 2.05) is 0 Å². The summed E-state index contributed by atoms with van der Waals surface area (Å²) >= 11 is 0. The molecule has 2 aliphatic carbocycles. The van der Waals surface area contributed by atoms with E-state index in [9.17, 15) is 8.42 Å². The molecule has 0 spiro atoms. The number of sulfone groups is 1. The Hall–Kier alpha value is -0.0900. The van der Waals surface area contributed by atoms with Crippen LogP contribution < -0.4 is 5.32 Å². The smallest absolute Gasteiger partial charge is 0.150 e. The molecule has 2 unspecified atom stereocenters. The van der Waals surface area contributed by atoms with E-state index in [0.29, 0.717) is 12.1 Å². The molecule has 2 atom stereocenters. The van der Waals surface area contributed by atoms with Gasteiger partial charge in [-0.2, -0.15) is 0 Å². The Morgan fingerprint density at radius 3 is 2.30 bits per heavy atom. The average molecular weight is 301 g/mol. The van der Waals surface area contributed by atoms with E-state index in [4.69, 9.17) is 0 Å². The maximum Gasteiger partial charge on any atom is 0.150 e. The first-order valence-electron chi connectivity index (χ1n) is 8.44. The van der Waals surface area contributed by atoms with Crippen molar-refractivity contribution in [2.75, 3.05) is 6.26 Å². The molecule has 4 heteroatoms. The molecule has 0 bridgehead atoms. The van der Waals surface area contributed by atoms with E-state index in [2.05, 4.69) is 12.2 Å². The van der Waals surface area contributed by atoms with Gasteiger partial charge in [0.25, 0.3) is 0 Å². The largest absolute Gasteiger partial charge is 0.311 e. The summed E-state index contributed by atoms with van der Waals surface area (Å²) in [4.78, 5) is 0. The van der Waals surface area contributed by atoms with E-state index < -0.39 is 9.84 Å². The van der Waals surface area contributed by atoms with Crippen molar-refractivity contribution in [2.45, 2.75) is 88.5 Å². The summed E-state index contributed by atoms with van der Waals surface area (Å²) < 4.78 is 23.4. The van der Waals surface area contributed by atoms with Gasteiger partial charge in [-0.3, -0.25) is 0 Å². The average Bonchev–Trinajstić information content (AvgIpc) is 2.41. The fraction of sp³-hybridized carbons (Fsp3) is 1.00. The van der Waals surface area contributed by atoms with Gasteiger partial charge in [0.2, 0.25) is 0 Å². The molecule has 20 heavy (non-hydrogen) atoms. The lowest BCUT2D eigenvalue weighted by atomic mass is 9.82.